The summed E-state index contributed by atoms with van der Waals surface area (Å²) >= 11 is 0. The molecule has 0 unspecified atom stereocenters. The van der Waals surface area contributed by atoms with E-state index in [1.54, 1.807) is 6.92 Å². The van der Waals surface area contributed by atoms with Crippen LogP contribution in [0.4, 0.5) is 14.5 Å². The van der Waals surface area contributed by atoms with E-state index in [0.29, 0.717) is 16.8 Å². The molecule has 0 saturated heterocycles. The molecule has 2 rings (SSSR count). The first kappa shape index (κ1) is 12.2. The summed E-state index contributed by atoms with van der Waals surface area (Å²) in [6, 6.07) is 9.55. The minimum Gasteiger partial charge on any atom is -0.322 e. The largest absolute Gasteiger partial charge is 0.322 e. The van der Waals surface area contributed by atoms with Gasteiger partial charge in [0.1, 0.15) is 11.6 Å². The van der Waals surface area contributed by atoms with E-state index in [0.717, 1.165) is 0 Å². The summed E-state index contributed by atoms with van der Waals surface area (Å²) in [6.07, 6.45) is 0. The quantitative estimate of drug-likeness (QED) is 0.864. The fourth-order valence-electron chi connectivity index (χ4n) is 1.52. The predicted octanol–water partition coefficient (Wildman–Crippen LogP) is 3.53. The van der Waals surface area contributed by atoms with Crippen LogP contribution in [-0.2, 0) is 0 Å². The van der Waals surface area contributed by atoms with Gasteiger partial charge in [0, 0.05) is 11.3 Å². The summed E-state index contributed by atoms with van der Waals surface area (Å²) in [4.78, 5) is 11.8. The number of benzene rings is 2. The van der Waals surface area contributed by atoms with Crippen LogP contribution in [0.2, 0.25) is 0 Å². The molecule has 1 amide bonds. The molecule has 0 heterocycles. The highest BCUT2D eigenvalue weighted by Crippen LogP contribution is 2.13. The number of hydrogen-bond acceptors (Lipinski definition) is 1. The molecule has 92 valence electrons. The van der Waals surface area contributed by atoms with E-state index in [2.05, 4.69) is 5.32 Å². The van der Waals surface area contributed by atoms with Gasteiger partial charge < -0.3 is 5.32 Å². The van der Waals surface area contributed by atoms with E-state index < -0.39 is 0 Å². The van der Waals surface area contributed by atoms with Gasteiger partial charge in [-0.25, -0.2) is 8.78 Å². The van der Waals surface area contributed by atoms with Crippen molar-refractivity contribution in [3.05, 3.63) is 65.2 Å². The van der Waals surface area contributed by atoms with Gasteiger partial charge in [-0.1, -0.05) is 0 Å². The smallest absolute Gasteiger partial charge is 0.255 e. The van der Waals surface area contributed by atoms with Gasteiger partial charge in [0.25, 0.3) is 5.91 Å². The number of carbonyl (C=O) groups is 1. The van der Waals surface area contributed by atoms with Gasteiger partial charge >= 0.3 is 0 Å². The Morgan fingerprint density at radius 2 is 1.72 bits per heavy atom. The molecule has 0 bridgehead atoms. The molecule has 0 atom stereocenters. The zero-order valence-electron chi connectivity index (χ0n) is 9.71. The zero-order chi connectivity index (χ0) is 13.1. The van der Waals surface area contributed by atoms with E-state index in [9.17, 15) is 13.6 Å². The van der Waals surface area contributed by atoms with Gasteiger partial charge in [-0.05, 0) is 55.0 Å². The minimum absolute atomic E-state index is 0.353. The summed E-state index contributed by atoms with van der Waals surface area (Å²) in [5.74, 6) is -1.08. The van der Waals surface area contributed by atoms with E-state index in [-0.39, 0.29) is 17.5 Å². The van der Waals surface area contributed by atoms with Gasteiger partial charge in [-0.15, -0.1) is 0 Å². The number of aryl methyl sites for hydroxylation is 1. The van der Waals surface area contributed by atoms with Crippen LogP contribution in [0, 0.1) is 18.6 Å². The highest BCUT2D eigenvalue weighted by atomic mass is 19.1. The maximum absolute atomic E-state index is 13.1. The van der Waals surface area contributed by atoms with Crippen molar-refractivity contribution in [2.75, 3.05) is 5.32 Å². The summed E-state index contributed by atoms with van der Waals surface area (Å²) in [5, 5.41) is 2.60. The molecule has 4 heteroatoms. The van der Waals surface area contributed by atoms with Crippen LogP contribution in [0.25, 0.3) is 0 Å². The van der Waals surface area contributed by atoms with Crippen LogP contribution in [-0.4, -0.2) is 5.91 Å². The summed E-state index contributed by atoms with van der Waals surface area (Å²) in [6.45, 7) is 1.59. The minimum atomic E-state index is -0.370. The molecule has 0 aromatic heterocycles. The normalized spacial score (nSPS) is 10.2. The molecule has 0 spiro atoms. The number of carbonyl (C=O) groups excluding carboxylic acids is 1. The number of amides is 1. The predicted molar refractivity (Wildman–Crippen MR) is 65.5 cm³/mol. The maximum Gasteiger partial charge on any atom is 0.255 e. The monoisotopic (exact) mass is 247 g/mol. The zero-order valence-corrected chi connectivity index (χ0v) is 9.71. The van der Waals surface area contributed by atoms with Gasteiger partial charge in [-0.3, -0.25) is 4.79 Å². The van der Waals surface area contributed by atoms with E-state index in [1.807, 2.05) is 0 Å². The second-order valence-electron chi connectivity index (χ2n) is 3.92. The molecule has 2 aromatic rings. The lowest BCUT2D eigenvalue weighted by Crippen LogP contribution is -2.12. The van der Waals surface area contributed by atoms with Crippen LogP contribution in [0.15, 0.2) is 42.5 Å². The Morgan fingerprint density at radius 3 is 2.33 bits per heavy atom. The Labute approximate surface area is 103 Å². The first-order valence-corrected chi connectivity index (χ1v) is 5.39. The van der Waals surface area contributed by atoms with Gasteiger partial charge in [-0.2, -0.15) is 0 Å². The molecule has 0 aliphatic rings. The fourth-order valence-corrected chi connectivity index (χ4v) is 1.52. The molecule has 0 radical (unpaired) electrons. The van der Waals surface area contributed by atoms with Crippen molar-refractivity contribution in [3.8, 4) is 0 Å². The van der Waals surface area contributed by atoms with Crippen molar-refractivity contribution in [2.24, 2.45) is 0 Å². The second kappa shape index (κ2) is 4.96. The van der Waals surface area contributed by atoms with Gasteiger partial charge in [0.2, 0.25) is 0 Å². The second-order valence-corrected chi connectivity index (χ2v) is 3.92. The van der Waals surface area contributed by atoms with E-state index >= 15 is 0 Å². The fraction of sp³-hybridized carbons (Fsp3) is 0.0714. The van der Waals surface area contributed by atoms with Crippen molar-refractivity contribution in [3.63, 3.8) is 0 Å². The number of halogens is 2. The van der Waals surface area contributed by atoms with Crippen molar-refractivity contribution in [2.45, 2.75) is 6.92 Å². The third kappa shape index (κ3) is 2.71. The lowest BCUT2D eigenvalue weighted by molar-refractivity contribution is 0.102. The molecule has 1 N–H and O–H groups in total. The summed E-state index contributed by atoms with van der Waals surface area (Å²) < 4.78 is 25.8. The first-order valence-electron chi connectivity index (χ1n) is 5.39. The molecule has 0 saturated carbocycles. The Morgan fingerprint density at radius 1 is 1.06 bits per heavy atom. The molecular weight excluding hydrogens is 236 g/mol. The van der Waals surface area contributed by atoms with Crippen LogP contribution in [0.3, 0.4) is 0 Å². The van der Waals surface area contributed by atoms with E-state index in [1.165, 1.54) is 42.5 Å². The van der Waals surface area contributed by atoms with Crippen LogP contribution >= 0.6 is 0 Å². The molecule has 0 aliphatic carbocycles. The molecule has 2 nitrogen and oxygen atoms in total. The topological polar surface area (TPSA) is 29.1 Å². The van der Waals surface area contributed by atoms with Gasteiger partial charge in [0.15, 0.2) is 0 Å². The molecule has 0 aliphatic heterocycles. The van der Waals surface area contributed by atoms with Crippen LogP contribution < -0.4 is 5.32 Å². The van der Waals surface area contributed by atoms with Crippen molar-refractivity contribution < 1.29 is 13.6 Å². The van der Waals surface area contributed by atoms with Gasteiger partial charge in [0.05, 0.1) is 0 Å². The Hall–Kier alpha value is -2.23. The first-order chi connectivity index (χ1) is 8.56. The third-order valence-corrected chi connectivity index (χ3v) is 2.52. The average molecular weight is 247 g/mol. The Balaban J connectivity index is 2.16. The van der Waals surface area contributed by atoms with E-state index in [4.69, 9.17) is 0 Å². The van der Waals surface area contributed by atoms with Crippen molar-refractivity contribution >= 4 is 11.6 Å². The molecule has 18 heavy (non-hydrogen) atoms. The van der Waals surface area contributed by atoms with Crippen LogP contribution in [0.1, 0.15) is 15.9 Å². The maximum atomic E-state index is 13.1. The molecular formula is C14H11F2NO. The molecule has 2 aromatic carbocycles. The standard InChI is InChI=1S/C14H11F2NO/c1-9-8-10(2-7-13(9)16)14(18)17-12-5-3-11(15)4-6-12/h2-8H,1H3,(H,17,18). The SMILES string of the molecule is Cc1cc(C(=O)Nc2ccc(F)cc2)ccc1F. The lowest BCUT2D eigenvalue weighted by Gasteiger charge is -2.06. The van der Waals surface area contributed by atoms with Crippen LogP contribution in [0.5, 0.6) is 0 Å². The summed E-state index contributed by atoms with van der Waals surface area (Å²) in [5.41, 5.74) is 1.25. The average Bonchev–Trinajstić information content (AvgIpc) is 2.35. The third-order valence-electron chi connectivity index (χ3n) is 2.52. The summed E-state index contributed by atoms with van der Waals surface area (Å²) in [7, 11) is 0. The highest BCUT2D eigenvalue weighted by Gasteiger charge is 2.08. The number of hydrogen-bond donors (Lipinski definition) is 1. The highest BCUT2D eigenvalue weighted by molar-refractivity contribution is 6.04. The van der Waals surface area contributed by atoms with Crippen molar-refractivity contribution in [1.82, 2.24) is 0 Å². The van der Waals surface area contributed by atoms with Crippen molar-refractivity contribution in [1.29, 1.82) is 0 Å². The number of anilines is 1. The Bertz CT molecular complexity index is 579. The number of rotatable bonds is 2. The number of nitrogens with one attached hydrogen (secondary N) is 1. The molecule has 0 fully saturated rings. The Kier molecular flexibility index (Phi) is 3.37. The lowest BCUT2D eigenvalue weighted by atomic mass is 10.1.